The standard InChI is InChI=1S/C27H49N5O7/c1-4-5-6-7-8-9-10-11-20(34)15-25(37)31-22(16-24(29)36)27(39)32-21(12-13-23(28)35)26(38)30-19(17-33)14-18(2)3/h17-22,34H,4-16H2,1-3H3,(H2,28,35)(H2,29,36)(H,30,38)(H,31,37)(H,32,39)/t19-,20+,21-,22-/m0/s1. The van der Waals surface area contributed by atoms with Gasteiger partial charge in [0.25, 0.3) is 0 Å². The van der Waals surface area contributed by atoms with Crippen molar-refractivity contribution in [2.24, 2.45) is 17.4 Å². The van der Waals surface area contributed by atoms with Crippen LogP contribution in [0.4, 0.5) is 0 Å². The lowest BCUT2D eigenvalue weighted by Gasteiger charge is -2.24. The Morgan fingerprint density at radius 3 is 1.90 bits per heavy atom. The number of nitrogens with two attached hydrogens (primary N) is 2. The van der Waals surface area contributed by atoms with E-state index in [1.807, 2.05) is 13.8 Å². The van der Waals surface area contributed by atoms with Crippen LogP contribution in [0.1, 0.15) is 104 Å². The molecule has 0 saturated carbocycles. The van der Waals surface area contributed by atoms with Gasteiger partial charge in [0.1, 0.15) is 18.4 Å². The monoisotopic (exact) mass is 555 g/mol. The van der Waals surface area contributed by atoms with Gasteiger partial charge in [0.15, 0.2) is 0 Å². The van der Waals surface area contributed by atoms with Crippen LogP contribution in [0.15, 0.2) is 0 Å². The average Bonchev–Trinajstić information content (AvgIpc) is 2.84. The Morgan fingerprint density at radius 1 is 0.769 bits per heavy atom. The summed E-state index contributed by atoms with van der Waals surface area (Å²) in [6, 6.07) is -3.46. The van der Waals surface area contributed by atoms with Crippen molar-refractivity contribution in [3.05, 3.63) is 0 Å². The molecule has 12 heteroatoms. The number of hydrogen-bond donors (Lipinski definition) is 6. The van der Waals surface area contributed by atoms with Crippen molar-refractivity contribution in [3.63, 3.8) is 0 Å². The van der Waals surface area contributed by atoms with Crippen LogP contribution >= 0.6 is 0 Å². The fraction of sp³-hybridized carbons (Fsp3) is 0.778. The Morgan fingerprint density at radius 2 is 1.36 bits per heavy atom. The second kappa shape index (κ2) is 20.9. The maximum atomic E-state index is 12.9. The van der Waals surface area contributed by atoms with Gasteiger partial charge < -0.3 is 37.3 Å². The van der Waals surface area contributed by atoms with Gasteiger partial charge in [-0.2, -0.15) is 0 Å². The molecule has 0 aromatic rings. The molecule has 0 spiro atoms. The molecule has 0 aliphatic rings. The second-order valence-electron chi connectivity index (χ2n) is 10.5. The minimum Gasteiger partial charge on any atom is -0.393 e. The molecule has 0 bridgehead atoms. The number of nitrogens with one attached hydrogen (secondary N) is 3. The van der Waals surface area contributed by atoms with Crippen LogP contribution < -0.4 is 27.4 Å². The van der Waals surface area contributed by atoms with Gasteiger partial charge in [-0.1, -0.05) is 65.7 Å². The van der Waals surface area contributed by atoms with Crippen LogP contribution in [0.5, 0.6) is 0 Å². The van der Waals surface area contributed by atoms with Gasteiger partial charge in [0.2, 0.25) is 29.5 Å². The number of rotatable bonds is 23. The van der Waals surface area contributed by atoms with Crippen LogP contribution in [0.3, 0.4) is 0 Å². The fourth-order valence-electron chi connectivity index (χ4n) is 4.08. The van der Waals surface area contributed by atoms with Crippen molar-refractivity contribution < 1.29 is 33.9 Å². The molecular formula is C27H49N5O7. The number of amides is 5. The van der Waals surface area contributed by atoms with Crippen LogP contribution in [0, 0.1) is 5.92 Å². The molecule has 0 rings (SSSR count). The summed E-state index contributed by atoms with van der Waals surface area (Å²) in [6.07, 6.45) is 6.76. The number of carbonyl (C=O) groups excluding carboxylic acids is 6. The summed E-state index contributed by atoms with van der Waals surface area (Å²) in [4.78, 5) is 72.5. The van der Waals surface area contributed by atoms with Crippen molar-refractivity contribution in [3.8, 4) is 0 Å². The van der Waals surface area contributed by atoms with Crippen molar-refractivity contribution in [2.45, 2.75) is 128 Å². The van der Waals surface area contributed by atoms with E-state index >= 15 is 0 Å². The highest BCUT2D eigenvalue weighted by atomic mass is 16.3. The summed E-state index contributed by atoms with van der Waals surface area (Å²) in [6.45, 7) is 5.90. The van der Waals surface area contributed by atoms with E-state index in [4.69, 9.17) is 11.5 Å². The third-order valence-electron chi connectivity index (χ3n) is 6.15. The van der Waals surface area contributed by atoms with Crippen LogP contribution in [0.25, 0.3) is 0 Å². The zero-order valence-electron chi connectivity index (χ0n) is 23.7. The number of primary amides is 2. The largest absolute Gasteiger partial charge is 0.393 e. The fourth-order valence-corrected chi connectivity index (χ4v) is 4.08. The van der Waals surface area contributed by atoms with Crippen molar-refractivity contribution in [2.75, 3.05) is 0 Å². The van der Waals surface area contributed by atoms with Gasteiger partial charge in [0, 0.05) is 6.42 Å². The summed E-state index contributed by atoms with van der Waals surface area (Å²) in [7, 11) is 0. The van der Waals surface area contributed by atoms with Gasteiger partial charge in [-0.05, 0) is 25.2 Å². The van der Waals surface area contributed by atoms with Gasteiger partial charge >= 0.3 is 0 Å². The summed E-state index contributed by atoms with van der Waals surface area (Å²) in [5.74, 6) is -3.70. The number of carbonyl (C=O) groups is 6. The molecule has 0 aliphatic heterocycles. The molecule has 0 aromatic carbocycles. The average molecular weight is 556 g/mol. The van der Waals surface area contributed by atoms with Gasteiger partial charge in [-0.3, -0.25) is 24.0 Å². The van der Waals surface area contributed by atoms with E-state index in [2.05, 4.69) is 22.9 Å². The molecule has 0 heterocycles. The van der Waals surface area contributed by atoms with Gasteiger partial charge in [-0.15, -0.1) is 0 Å². The lowest BCUT2D eigenvalue weighted by Crippen LogP contribution is -2.56. The van der Waals surface area contributed by atoms with E-state index in [0.717, 1.165) is 25.7 Å². The highest BCUT2D eigenvalue weighted by Crippen LogP contribution is 2.11. The smallest absolute Gasteiger partial charge is 0.243 e. The van der Waals surface area contributed by atoms with Crippen LogP contribution in [-0.4, -0.2) is 65.2 Å². The molecule has 4 atom stereocenters. The lowest BCUT2D eigenvalue weighted by atomic mass is 10.0. The van der Waals surface area contributed by atoms with E-state index in [1.54, 1.807) is 0 Å². The molecule has 12 nitrogen and oxygen atoms in total. The predicted molar refractivity (Wildman–Crippen MR) is 147 cm³/mol. The summed E-state index contributed by atoms with van der Waals surface area (Å²) in [5.41, 5.74) is 10.4. The highest BCUT2D eigenvalue weighted by Gasteiger charge is 2.29. The highest BCUT2D eigenvalue weighted by molar-refractivity contribution is 5.95. The van der Waals surface area contributed by atoms with Crippen molar-refractivity contribution in [1.82, 2.24) is 16.0 Å². The molecule has 8 N–H and O–H groups in total. The molecule has 224 valence electrons. The van der Waals surface area contributed by atoms with Crippen molar-refractivity contribution >= 4 is 35.8 Å². The number of unbranched alkanes of at least 4 members (excludes halogenated alkanes) is 6. The quantitative estimate of drug-likeness (QED) is 0.0784. The summed E-state index contributed by atoms with van der Waals surface area (Å²) >= 11 is 0. The molecule has 5 amide bonds. The molecule has 39 heavy (non-hydrogen) atoms. The van der Waals surface area contributed by atoms with Crippen LogP contribution in [-0.2, 0) is 28.8 Å². The SMILES string of the molecule is CCCCCCCCC[C@@H](O)CC(=O)N[C@@H](CC(N)=O)C(=O)N[C@@H](CCC(N)=O)C(=O)N[C@H](C=O)CC(C)C. The van der Waals surface area contributed by atoms with E-state index in [1.165, 1.54) is 19.3 Å². The normalized spacial score (nSPS) is 14.1. The number of aliphatic hydroxyl groups excluding tert-OH is 1. The van der Waals surface area contributed by atoms with E-state index < -0.39 is 60.2 Å². The first-order chi connectivity index (χ1) is 18.4. The van der Waals surface area contributed by atoms with Gasteiger partial charge in [-0.25, -0.2) is 0 Å². The maximum Gasteiger partial charge on any atom is 0.243 e. The Hall–Kier alpha value is -3.02. The van der Waals surface area contributed by atoms with Crippen molar-refractivity contribution in [1.29, 1.82) is 0 Å². The molecular weight excluding hydrogens is 506 g/mol. The number of hydrogen-bond acceptors (Lipinski definition) is 7. The molecule has 0 fully saturated rings. The summed E-state index contributed by atoms with van der Waals surface area (Å²) < 4.78 is 0. The molecule has 0 radical (unpaired) electrons. The Kier molecular flexibility index (Phi) is 19.3. The second-order valence-corrected chi connectivity index (χ2v) is 10.5. The third-order valence-corrected chi connectivity index (χ3v) is 6.15. The molecule has 0 saturated heterocycles. The molecule has 0 aliphatic carbocycles. The molecule has 0 unspecified atom stereocenters. The molecule has 0 aromatic heterocycles. The Labute approximate surface area is 231 Å². The minimum atomic E-state index is -1.40. The first-order valence-electron chi connectivity index (χ1n) is 14.0. The predicted octanol–water partition coefficient (Wildman–Crippen LogP) is 0.718. The first-order valence-corrected chi connectivity index (χ1v) is 14.0. The number of aldehydes is 1. The first kappa shape index (κ1) is 36.0. The number of aliphatic hydroxyl groups is 1. The summed E-state index contributed by atoms with van der Waals surface area (Å²) in [5, 5.41) is 17.6. The van der Waals surface area contributed by atoms with Gasteiger partial charge in [0.05, 0.1) is 25.0 Å². The zero-order valence-corrected chi connectivity index (χ0v) is 23.7. The Balaban J connectivity index is 5.12. The zero-order chi connectivity index (χ0) is 29.8. The van der Waals surface area contributed by atoms with Crippen LogP contribution in [0.2, 0.25) is 0 Å². The van der Waals surface area contributed by atoms with E-state index in [-0.39, 0.29) is 25.2 Å². The van der Waals surface area contributed by atoms with E-state index in [0.29, 0.717) is 19.1 Å². The minimum absolute atomic E-state index is 0.107. The Bertz CT molecular complexity index is 790. The third kappa shape index (κ3) is 18.8. The van der Waals surface area contributed by atoms with E-state index in [9.17, 15) is 33.9 Å². The maximum absolute atomic E-state index is 12.9. The lowest BCUT2D eigenvalue weighted by molar-refractivity contribution is -0.134. The topological polar surface area (TPSA) is 211 Å².